The number of aromatic nitrogens is 1. The zero-order chi connectivity index (χ0) is 19.6. The van der Waals surface area contributed by atoms with Crippen molar-refractivity contribution >= 4 is 0 Å². The lowest BCUT2D eigenvalue weighted by Crippen LogP contribution is -2.47. The van der Waals surface area contributed by atoms with Gasteiger partial charge in [-0.1, -0.05) is 48.5 Å². The van der Waals surface area contributed by atoms with Gasteiger partial charge >= 0.3 is 0 Å². The Kier molecular flexibility index (Phi) is 5.17. The monoisotopic (exact) mass is 384 g/mol. The molecule has 29 heavy (non-hydrogen) atoms. The summed E-state index contributed by atoms with van der Waals surface area (Å²) in [6.45, 7) is 5.54. The summed E-state index contributed by atoms with van der Waals surface area (Å²) in [5, 5.41) is 0. The second-order valence-electron chi connectivity index (χ2n) is 8.48. The number of rotatable bonds is 3. The van der Waals surface area contributed by atoms with Crippen LogP contribution in [0, 0.1) is 0 Å². The molecule has 1 aliphatic carbocycles. The first-order valence-electron chi connectivity index (χ1n) is 10.8. The molecule has 1 fully saturated rings. The van der Waals surface area contributed by atoms with Gasteiger partial charge in [-0.25, -0.2) is 4.57 Å². The quantitative estimate of drug-likeness (QED) is 0.640. The molecule has 0 bridgehead atoms. The minimum absolute atomic E-state index is 0.392. The molecule has 3 heteroatoms. The van der Waals surface area contributed by atoms with Gasteiger partial charge < -0.3 is 0 Å². The Morgan fingerprint density at radius 1 is 0.759 bits per heavy atom. The number of nitrogens with zero attached hydrogens (tertiary/aromatic N) is 3. The van der Waals surface area contributed by atoms with Gasteiger partial charge in [-0.05, 0) is 40.7 Å². The molecule has 2 aromatic carbocycles. The Morgan fingerprint density at radius 3 is 1.90 bits per heavy atom. The molecule has 0 amide bonds. The van der Waals surface area contributed by atoms with E-state index in [0.29, 0.717) is 6.04 Å². The van der Waals surface area contributed by atoms with E-state index >= 15 is 0 Å². The SMILES string of the molecule is C[n+]1ccc(CN2CCN(C3c4ccccc4CCc4ccccc43)CC2)cc1. The Balaban J connectivity index is 1.37. The standard InChI is InChI=1S/C26H30N3/c1-27-14-12-21(13-15-27)20-28-16-18-29(19-17-28)26-24-8-4-2-6-22(24)10-11-23-7-3-5-9-25(23)26/h2-9,12-15,26H,10-11,16-20H2,1H3/q+1. The van der Waals surface area contributed by atoms with Crippen molar-refractivity contribution < 1.29 is 4.57 Å². The molecule has 0 N–H and O–H groups in total. The first-order chi connectivity index (χ1) is 14.3. The number of pyridine rings is 1. The van der Waals surface area contributed by atoms with Crippen LogP contribution in [0.25, 0.3) is 0 Å². The maximum absolute atomic E-state index is 2.71. The topological polar surface area (TPSA) is 10.4 Å². The van der Waals surface area contributed by atoms with Crippen molar-refractivity contribution in [2.24, 2.45) is 7.05 Å². The fraction of sp³-hybridized carbons (Fsp3) is 0.346. The van der Waals surface area contributed by atoms with E-state index in [0.717, 1.165) is 45.6 Å². The van der Waals surface area contributed by atoms with Crippen molar-refractivity contribution in [3.8, 4) is 0 Å². The molecule has 3 nitrogen and oxygen atoms in total. The summed E-state index contributed by atoms with van der Waals surface area (Å²) in [5.74, 6) is 0. The summed E-state index contributed by atoms with van der Waals surface area (Å²) in [6, 6.07) is 23.1. The number of hydrogen-bond donors (Lipinski definition) is 0. The highest BCUT2D eigenvalue weighted by Crippen LogP contribution is 2.37. The van der Waals surface area contributed by atoms with Gasteiger partial charge in [0.1, 0.15) is 7.05 Å². The molecule has 2 aliphatic rings. The lowest BCUT2D eigenvalue weighted by Gasteiger charge is -2.40. The number of aryl methyl sites for hydroxylation is 3. The van der Waals surface area contributed by atoms with Gasteiger partial charge in [0.25, 0.3) is 0 Å². The van der Waals surface area contributed by atoms with E-state index in [1.54, 1.807) is 0 Å². The van der Waals surface area contributed by atoms with E-state index in [2.05, 4.69) is 94.5 Å². The normalized spacial score (nSPS) is 18.1. The molecule has 0 atom stereocenters. The van der Waals surface area contributed by atoms with E-state index in [4.69, 9.17) is 0 Å². The lowest BCUT2D eigenvalue weighted by molar-refractivity contribution is -0.671. The second-order valence-corrected chi connectivity index (χ2v) is 8.48. The smallest absolute Gasteiger partial charge is 0.168 e. The van der Waals surface area contributed by atoms with Gasteiger partial charge in [-0.2, -0.15) is 0 Å². The Hall–Kier alpha value is -2.49. The predicted molar refractivity (Wildman–Crippen MR) is 117 cm³/mol. The van der Waals surface area contributed by atoms with E-state index < -0.39 is 0 Å². The van der Waals surface area contributed by atoms with E-state index in [1.807, 2.05) is 0 Å². The summed E-state index contributed by atoms with van der Waals surface area (Å²) in [4.78, 5) is 5.31. The average molecular weight is 385 g/mol. The van der Waals surface area contributed by atoms with Crippen molar-refractivity contribution in [1.82, 2.24) is 9.80 Å². The molecule has 0 spiro atoms. The van der Waals surface area contributed by atoms with Crippen LogP contribution >= 0.6 is 0 Å². The number of piperazine rings is 1. The Morgan fingerprint density at radius 2 is 1.31 bits per heavy atom. The summed E-state index contributed by atoms with van der Waals surface area (Å²) < 4.78 is 2.10. The van der Waals surface area contributed by atoms with Crippen molar-refractivity contribution in [1.29, 1.82) is 0 Å². The number of fused-ring (bicyclic) bond motifs is 2. The third-order valence-corrected chi connectivity index (χ3v) is 6.59. The van der Waals surface area contributed by atoms with Crippen LogP contribution in [0.15, 0.2) is 73.1 Å². The third-order valence-electron chi connectivity index (χ3n) is 6.59. The average Bonchev–Trinajstić information content (AvgIpc) is 2.93. The molecule has 0 radical (unpaired) electrons. The Labute approximate surface area is 174 Å². The molecule has 1 aliphatic heterocycles. The highest BCUT2D eigenvalue weighted by Gasteiger charge is 2.30. The zero-order valence-electron chi connectivity index (χ0n) is 17.3. The van der Waals surface area contributed by atoms with Crippen molar-refractivity contribution in [2.45, 2.75) is 25.4 Å². The Bertz CT molecular complexity index is 924. The number of hydrogen-bond acceptors (Lipinski definition) is 2. The maximum atomic E-state index is 2.71. The van der Waals surface area contributed by atoms with Gasteiger partial charge in [0.15, 0.2) is 12.4 Å². The maximum Gasteiger partial charge on any atom is 0.168 e. The van der Waals surface area contributed by atoms with Crippen LogP contribution in [0.1, 0.15) is 33.9 Å². The summed E-state index contributed by atoms with van der Waals surface area (Å²) >= 11 is 0. The molecule has 2 heterocycles. The fourth-order valence-electron chi connectivity index (χ4n) is 4.96. The highest BCUT2D eigenvalue weighted by molar-refractivity contribution is 5.44. The van der Waals surface area contributed by atoms with Crippen molar-refractivity contribution in [2.75, 3.05) is 26.2 Å². The molecule has 5 rings (SSSR count). The molecule has 148 valence electrons. The summed E-state index contributed by atoms with van der Waals surface area (Å²) in [6.07, 6.45) is 6.58. The molecule has 0 unspecified atom stereocenters. The molecule has 0 saturated carbocycles. The van der Waals surface area contributed by atoms with Crippen LogP contribution in [-0.4, -0.2) is 36.0 Å². The molecular formula is C26H30N3+. The third kappa shape index (κ3) is 3.85. The van der Waals surface area contributed by atoms with Gasteiger partial charge in [0.05, 0.1) is 6.04 Å². The van der Waals surface area contributed by atoms with Gasteiger partial charge in [-0.15, -0.1) is 0 Å². The van der Waals surface area contributed by atoms with Crippen LogP contribution < -0.4 is 4.57 Å². The molecule has 1 saturated heterocycles. The van der Waals surface area contributed by atoms with Gasteiger partial charge in [0.2, 0.25) is 0 Å². The minimum Gasteiger partial charge on any atom is -0.297 e. The van der Waals surface area contributed by atoms with Gasteiger partial charge in [-0.3, -0.25) is 9.80 Å². The van der Waals surface area contributed by atoms with Gasteiger partial charge in [0, 0.05) is 44.9 Å². The van der Waals surface area contributed by atoms with Crippen LogP contribution in [0.5, 0.6) is 0 Å². The van der Waals surface area contributed by atoms with E-state index in [-0.39, 0.29) is 0 Å². The van der Waals surface area contributed by atoms with Crippen LogP contribution in [0.2, 0.25) is 0 Å². The largest absolute Gasteiger partial charge is 0.297 e. The van der Waals surface area contributed by atoms with Crippen LogP contribution in [0.4, 0.5) is 0 Å². The van der Waals surface area contributed by atoms with Crippen molar-refractivity contribution in [3.05, 3.63) is 101 Å². The fourth-order valence-corrected chi connectivity index (χ4v) is 4.96. The molecule has 3 aromatic rings. The molecule has 1 aromatic heterocycles. The molecular weight excluding hydrogens is 354 g/mol. The first kappa shape index (κ1) is 18.5. The predicted octanol–water partition coefficient (Wildman–Crippen LogP) is 3.52. The van der Waals surface area contributed by atoms with E-state index in [1.165, 1.54) is 27.8 Å². The summed E-state index contributed by atoms with van der Waals surface area (Å²) in [5.41, 5.74) is 7.48. The zero-order valence-corrected chi connectivity index (χ0v) is 17.3. The second kappa shape index (κ2) is 8.10. The van der Waals surface area contributed by atoms with E-state index in [9.17, 15) is 0 Å². The van der Waals surface area contributed by atoms with Crippen LogP contribution in [0.3, 0.4) is 0 Å². The number of benzene rings is 2. The first-order valence-corrected chi connectivity index (χ1v) is 10.8. The summed E-state index contributed by atoms with van der Waals surface area (Å²) in [7, 11) is 2.07. The van der Waals surface area contributed by atoms with Crippen molar-refractivity contribution in [3.63, 3.8) is 0 Å². The highest BCUT2D eigenvalue weighted by atomic mass is 15.3. The van der Waals surface area contributed by atoms with Crippen LogP contribution in [-0.2, 0) is 26.4 Å². The lowest BCUT2D eigenvalue weighted by atomic mass is 9.92. The minimum atomic E-state index is 0.392.